The second-order valence-electron chi connectivity index (χ2n) is 7.17. The van der Waals surface area contributed by atoms with E-state index in [2.05, 4.69) is 31.4 Å². The van der Waals surface area contributed by atoms with E-state index in [1.807, 2.05) is 49.6 Å². The molecular formula is C22H18ClN7O. The smallest absolute Gasteiger partial charge is 0.271 e. The van der Waals surface area contributed by atoms with Crippen molar-refractivity contribution in [2.45, 2.75) is 13.5 Å². The summed E-state index contributed by atoms with van der Waals surface area (Å²) in [6, 6.07) is 11.8. The summed E-state index contributed by atoms with van der Waals surface area (Å²) in [5, 5.41) is 7.73. The predicted molar refractivity (Wildman–Crippen MR) is 117 cm³/mol. The summed E-state index contributed by atoms with van der Waals surface area (Å²) in [5.74, 6) is 0.326. The number of carbonyl (C=O) groups excluding carboxylic acids is 1. The fourth-order valence-corrected chi connectivity index (χ4v) is 3.52. The zero-order valence-electron chi connectivity index (χ0n) is 16.6. The quantitative estimate of drug-likeness (QED) is 0.442. The van der Waals surface area contributed by atoms with E-state index in [4.69, 9.17) is 11.6 Å². The Morgan fingerprint density at radius 2 is 2.10 bits per heavy atom. The highest BCUT2D eigenvalue weighted by atomic mass is 35.5. The molecule has 0 saturated carbocycles. The average Bonchev–Trinajstić information content (AvgIpc) is 3.51. The molecule has 0 radical (unpaired) electrons. The summed E-state index contributed by atoms with van der Waals surface area (Å²) in [7, 11) is 0. The van der Waals surface area contributed by atoms with Gasteiger partial charge < -0.3 is 14.7 Å². The van der Waals surface area contributed by atoms with Crippen LogP contribution in [-0.4, -0.2) is 35.0 Å². The van der Waals surface area contributed by atoms with Gasteiger partial charge in [0.2, 0.25) is 0 Å². The number of nitrogens with one attached hydrogen (secondary N) is 2. The maximum absolute atomic E-state index is 12.7. The third kappa shape index (κ3) is 3.80. The van der Waals surface area contributed by atoms with Gasteiger partial charge in [-0.05, 0) is 36.8 Å². The molecule has 0 bridgehead atoms. The minimum Gasteiger partial charge on any atom is -0.346 e. The molecule has 0 spiro atoms. The van der Waals surface area contributed by atoms with Gasteiger partial charge in [-0.15, -0.1) is 0 Å². The number of hydrogen-bond acceptors (Lipinski definition) is 4. The van der Waals surface area contributed by atoms with E-state index in [9.17, 15) is 4.79 Å². The van der Waals surface area contributed by atoms with E-state index in [1.165, 1.54) is 6.20 Å². The van der Waals surface area contributed by atoms with Crippen molar-refractivity contribution < 1.29 is 4.79 Å². The molecule has 5 aromatic rings. The van der Waals surface area contributed by atoms with Gasteiger partial charge in [0, 0.05) is 30.7 Å². The predicted octanol–water partition coefficient (Wildman–Crippen LogP) is 3.80. The molecule has 0 saturated heterocycles. The highest BCUT2D eigenvalue weighted by Crippen LogP contribution is 2.22. The van der Waals surface area contributed by atoms with E-state index in [0.717, 1.165) is 22.4 Å². The van der Waals surface area contributed by atoms with Crippen molar-refractivity contribution in [3.63, 3.8) is 0 Å². The Labute approximate surface area is 182 Å². The van der Waals surface area contributed by atoms with E-state index in [-0.39, 0.29) is 5.91 Å². The molecule has 31 heavy (non-hydrogen) atoms. The lowest BCUT2D eigenvalue weighted by molar-refractivity contribution is 0.0946. The van der Waals surface area contributed by atoms with Crippen LogP contribution in [-0.2, 0) is 6.54 Å². The summed E-state index contributed by atoms with van der Waals surface area (Å²) >= 11 is 5.95. The fourth-order valence-electron chi connectivity index (χ4n) is 3.38. The summed E-state index contributed by atoms with van der Waals surface area (Å²) in [6.07, 6.45) is 8.70. The van der Waals surface area contributed by atoms with Crippen LogP contribution in [0.4, 0.5) is 0 Å². The van der Waals surface area contributed by atoms with Crippen molar-refractivity contribution in [3.8, 4) is 17.1 Å². The van der Waals surface area contributed by atoms with Gasteiger partial charge in [0.25, 0.3) is 5.91 Å². The summed E-state index contributed by atoms with van der Waals surface area (Å²) in [4.78, 5) is 24.4. The Morgan fingerprint density at radius 3 is 2.90 bits per heavy atom. The average molecular weight is 432 g/mol. The lowest BCUT2D eigenvalue weighted by Crippen LogP contribution is -2.22. The summed E-state index contributed by atoms with van der Waals surface area (Å²) in [6.45, 7) is 2.38. The topological polar surface area (TPSA) is 92.9 Å². The monoisotopic (exact) mass is 431 g/mol. The van der Waals surface area contributed by atoms with Gasteiger partial charge in [0.1, 0.15) is 22.3 Å². The van der Waals surface area contributed by atoms with Crippen LogP contribution in [0.2, 0.25) is 5.15 Å². The second-order valence-corrected chi connectivity index (χ2v) is 7.58. The van der Waals surface area contributed by atoms with Gasteiger partial charge in [-0.25, -0.2) is 14.6 Å². The van der Waals surface area contributed by atoms with Crippen LogP contribution in [0.5, 0.6) is 0 Å². The molecule has 9 heteroatoms. The summed E-state index contributed by atoms with van der Waals surface area (Å²) in [5.41, 5.74) is 4.72. The number of benzene rings is 1. The van der Waals surface area contributed by atoms with Crippen LogP contribution in [0, 0.1) is 6.92 Å². The molecule has 0 aliphatic heterocycles. The number of carbonyl (C=O) groups is 1. The Morgan fingerprint density at radius 1 is 1.19 bits per heavy atom. The van der Waals surface area contributed by atoms with Gasteiger partial charge in [-0.1, -0.05) is 23.7 Å². The lowest BCUT2D eigenvalue weighted by atomic mass is 10.2. The maximum atomic E-state index is 12.7. The van der Waals surface area contributed by atoms with E-state index in [0.29, 0.717) is 28.9 Å². The number of H-pyrrole nitrogens is 1. The molecule has 1 aromatic carbocycles. The number of aryl methyl sites for hydroxylation is 1. The van der Waals surface area contributed by atoms with Crippen molar-refractivity contribution in [1.82, 2.24) is 34.4 Å². The highest BCUT2D eigenvalue weighted by molar-refractivity contribution is 6.29. The molecule has 0 aliphatic rings. The molecule has 0 unspecified atom stereocenters. The Bertz CT molecular complexity index is 1400. The third-order valence-electron chi connectivity index (χ3n) is 4.87. The first-order valence-electron chi connectivity index (χ1n) is 9.64. The second kappa shape index (κ2) is 7.73. The van der Waals surface area contributed by atoms with Crippen LogP contribution in [0.3, 0.4) is 0 Å². The van der Waals surface area contributed by atoms with Gasteiger partial charge in [0.05, 0.1) is 23.6 Å². The van der Waals surface area contributed by atoms with Crippen LogP contribution >= 0.6 is 11.6 Å². The van der Waals surface area contributed by atoms with Crippen LogP contribution in [0.15, 0.2) is 67.4 Å². The Kier molecular flexibility index (Phi) is 4.76. The molecule has 0 fully saturated rings. The van der Waals surface area contributed by atoms with Crippen molar-refractivity contribution in [2.75, 3.05) is 0 Å². The molecule has 4 heterocycles. The number of nitrogens with zero attached hydrogens (tertiary/aromatic N) is 5. The molecule has 8 nitrogen and oxygen atoms in total. The minimum absolute atomic E-state index is 0.268. The Balaban J connectivity index is 1.33. The molecule has 4 aromatic heterocycles. The number of hydrogen-bond donors (Lipinski definition) is 2. The number of imidazole rings is 2. The number of fused-ring (bicyclic) bond motifs is 1. The number of aromatic nitrogens is 6. The van der Waals surface area contributed by atoms with Gasteiger partial charge in [-0.3, -0.25) is 4.79 Å². The molecule has 2 N–H and O–H groups in total. The number of aromatic amines is 1. The van der Waals surface area contributed by atoms with E-state index in [1.54, 1.807) is 21.5 Å². The number of halogens is 1. The lowest BCUT2D eigenvalue weighted by Gasteiger charge is -2.02. The molecule has 0 atom stereocenters. The van der Waals surface area contributed by atoms with Gasteiger partial charge >= 0.3 is 0 Å². The van der Waals surface area contributed by atoms with Gasteiger partial charge in [0.15, 0.2) is 0 Å². The molecule has 1 amide bonds. The first-order valence-corrected chi connectivity index (χ1v) is 10.0. The van der Waals surface area contributed by atoms with Crippen molar-refractivity contribution in [2.24, 2.45) is 0 Å². The number of amides is 1. The standard InChI is InChI=1S/C22H18ClN7O/c1-14-4-2-5-16(8-14)30-12-15(10-26-30)9-25-22(31)18-13-29-7-3-6-17(21(29)27-18)20-24-11-19(23)28-20/h2-8,10-13H,9H2,1H3,(H,24,28)(H,25,31). The first kappa shape index (κ1) is 19.1. The SMILES string of the molecule is Cc1cccc(-n2cc(CNC(=O)c3cn4cccc(-c5ncc(Cl)[nH]5)c4n3)cn2)c1. The highest BCUT2D eigenvalue weighted by Gasteiger charge is 2.15. The van der Waals surface area contributed by atoms with Crippen molar-refractivity contribution in [3.05, 3.63) is 89.4 Å². The summed E-state index contributed by atoms with van der Waals surface area (Å²) < 4.78 is 3.58. The third-order valence-corrected chi connectivity index (χ3v) is 5.06. The van der Waals surface area contributed by atoms with Crippen molar-refractivity contribution >= 4 is 23.2 Å². The van der Waals surface area contributed by atoms with E-state index < -0.39 is 0 Å². The van der Waals surface area contributed by atoms with Gasteiger partial charge in [-0.2, -0.15) is 5.10 Å². The largest absolute Gasteiger partial charge is 0.346 e. The van der Waals surface area contributed by atoms with Crippen LogP contribution < -0.4 is 5.32 Å². The molecule has 5 rings (SSSR count). The van der Waals surface area contributed by atoms with E-state index >= 15 is 0 Å². The maximum Gasteiger partial charge on any atom is 0.271 e. The molecular weight excluding hydrogens is 414 g/mol. The number of pyridine rings is 1. The molecule has 0 aliphatic carbocycles. The fraction of sp³-hybridized carbons (Fsp3) is 0.0909. The number of rotatable bonds is 5. The van der Waals surface area contributed by atoms with Crippen molar-refractivity contribution in [1.29, 1.82) is 0 Å². The Hall–Kier alpha value is -3.91. The van der Waals surface area contributed by atoms with Crippen LogP contribution in [0.1, 0.15) is 21.6 Å². The molecule has 154 valence electrons. The minimum atomic E-state index is -0.268. The normalized spacial score (nSPS) is 11.2. The zero-order valence-corrected chi connectivity index (χ0v) is 17.3. The first-order chi connectivity index (χ1) is 15.1. The van der Waals surface area contributed by atoms with Crippen LogP contribution in [0.25, 0.3) is 22.7 Å². The zero-order chi connectivity index (χ0) is 21.4.